The molecule has 25 heavy (non-hydrogen) atoms. The van der Waals surface area contributed by atoms with Crippen LogP contribution in [0.25, 0.3) is 6.08 Å². The molecule has 0 aliphatic carbocycles. The molecule has 0 N–H and O–H groups in total. The molecule has 1 saturated heterocycles. The lowest BCUT2D eigenvalue weighted by atomic mass is 10.1. The average Bonchev–Trinajstić information content (AvgIpc) is 2.67. The molecule has 5 heteroatoms. The van der Waals surface area contributed by atoms with Crippen LogP contribution in [0.4, 0.5) is 5.69 Å². The summed E-state index contributed by atoms with van der Waals surface area (Å²) in [6.07, 6.45) is 1.95. The Bertz CT molecular complexity index is 826. The van der Waals surface area contributed by atoms with E-state index in [1.807, 2.05) is 59.5 Å². The number of rotatable bonds is 2. The van der Waals surface area contributed by atoms with Gasteiger partial charge in [-0.25, -0.2) is 0 Å². The van der Waals surface area contributed by atoms with Gasteiger partial charge in [-0.3, -0.25) is 4.79 Å². The third-order valence-corrected chi connectivity index (χ3v) is 4.99. The lowest BCUT2D eigenvalue weighted by Crippen LogP contribution is -2.49. The minimum atomic E-state index is 0.0633. The first-order valence-corrected chi connectivity index (χ1v) is 8.81. The van der Waals surface area contributed by atoms with E-state index in [-0.39, 0.29) is 5.91 Å². The van der Waals surface area contributed by atoms with Crippen LogP contribution < -0.4 is 9.64 Å². The molecule has 0 aromatic heterocycles. The third kappa shape index (κ3) is 3.22. The molecule has 2 aromatic carbocycles. The van der Waals surface area contributed by atoms with Gasteiger partial charge in [0.15, 0.2) is 0 Å². The van der Waals surface area contributed by atoms with Gasteiger partial charge in [-0.05, 0) is 24.3 Å². The van der Waals surface area contributed by atoms with Crippen molar-refractivity contribution in [2.24, 2.45) is 0 Å². The van der Waals surface area contributed by atoms with E-state index in [0.717, 1.165) is 35.1 Å². The number of halogens is 1. The third-order valence-electron chi connectivity index (χ3n) is 4.67. The van der Waals surface area contributed by atoms with Crippen molar-refractivity contribution in [3.63, 3.8) is 0 Å². The van der Waals surface area contributed by atoms with Crippen LogP contribution in [-0.2, 0) is 4.79 Å². The minimum Gasteiger partial charge on any atom is -0.488 e. The second kappa shape index (κ2) is 6.81. The maximum Gasteiger partial charge on any atom is 0.253 e. The van der Waals surface area contributed by atoms with E-state index in [0.29, 0.717) is 25.3 Å². The van der Waals surface area contributed by atoms with Crippen molar-refractivity contribution in [3.05, 3.63) is 64.7 Å². The van der Waals surface area contributed by atoms with Crippen molar-refractivity contribution in [1.82, 2.24) is 4.90 Å². The molecule has 2 aliphatic heterocycles. The van der Waals surface area contributed by atoms with Gasteiger partial charge in [0.1, 0.15) is 12.4 Å². The van der Waals surface area contributed by atoms with E-state index in [1.54, 1.807) is 0 Å². The number of carbonyl (C=O) groups excluding carboxylic acids is 1. The zero-order valence-corrected chi connectivity index (χ0v) is 14.6. The van der Waals surface area contributed by atoms with Crippen LogP contribution in [0.3, 0.4) is 0 Å². The zero-order valence-electron chi connectivity index (χ0n) is 13.8. The van der Waals surface area contributed by atoms with E-state index < -0.39 is 0 Å². The van der Waals surface area contributed by atoms with Gasteiger partial charge in [0.25, 0.3) is 5.91 Å². The molecule has 0 bridgehead atoms. The number of benzene rings is 2. The van der Waals surface area contributed by atoms with E-state index in [1.165, 1.54) is 0 Å². The average molecular weight is 355 g/mol. The van der Waals surface area contributed by atoms with Gasteiger partial charge in [0, 0.05) is 31.7 Å². The first-order chi connectivity index (χ1) is 12.2. The topological polar surface area (TPSA) is 32.8 Å². The van der Waals surface area contributed by atoms with Crippen LogP contribution in [0.1, 0.15) is 5.56 Å². The number of para-hydroxylation sites is 2. The first-order valence-electron chi connectivity index (χ1n) is 8.43. The summed E-state index contributed by atoms with van der Waals surface area (Å²) in [5, 5.41) is 0.752. The highest BCUT2D eigenvalue weighted by molar-refractivity contribution is 6.33. The number of ether oxygens (including phenoxy) is 1. The minimum absolute atomic E-state index is 0.0633. The molecule has 0 spiro atoms. The van der Waals surface area contributed by atoms with Crippen LogP contribution in [0.15, 0.2) is 54.1 Å². The summed E-state index contributed by atoms with van der Waals surface area (Å²) < 4.78 is 5.71. The van der Waals surface area contributed by atoms with Gasteiger partial charge in [0.05, 0.1) is 16.3 Å². The summed E-state index contributed by atoms with van der Waals surface area (Å²) in [6, 6.07) is 15.6. The Morgan fingerprint density at radius 3 is 2.48 bits per heavy atom. The van der Waals surface area contributed by atoms with Gasteiger partial charge in [-0.2, -0.15) is 0 Å². The van der Waals surface area contributed by atoms with Crippen LogP contribution in [0, 0.1) is 0 Å². The fourth-order valence-electron chi connectivity index (χ4n) is 3.30. The van der Waals surface area contributed by atoms with Gasteiger partial charge in [0.2, 0.25) is 0 Å². The molecule has 4 nitrogen and oxygen atoms in total. The molecule has 0 radical (unpaired) electrons. The van der Waals surface area contributed by atoms with Crippen LogP contribution in [-0.4, -0.2) is 43.6 Å². The normalized spacial score (nSPS) is 16.8. The Kier molecular flexibility index (Phi) is 4.36. The smallest absolute Gasteiger partial charge is 0.253 e. The Morgan fingerprint density at radius 2 is 1.68 bits per heavy atom. The number of piperazine rings is 1. The summed E-state index contributed by atoms with van der Waals surface area (Å²) >= 11 is 6.28. The fourth-order valence-corrected chi connectivity index (χ4v) is 3.56. The predicted octanol–water partition coefficient (Wildman–Crippen LogP) is 3.46. The monoisotopic (exact) mass is 354 g/mol. The number of hydrogen-bond donors (Lipinski definition) is 0. The lowest BCUT2D eigenvalue weighted by Gasteiger charge is -2.37. The Hall–Kier alpha value is -2.46. The Labute approximate surface area is 152 Å². The predicted molar refractivity (Wildman–Crippen MR) is 100 cm³/mol. The molecule has 1 fully saturated rings. The molecule has 2 aliphatic rings. The summed E-state index contributed by atoms with van der Waals surface area (Å²) in [4.78, 5) is 16.9. The van der Waals surface area contributed by atoms with Crippen LogP contribution >= 0.6 is 11.6 Å². The standard InChI is InChI=1S/C20H19ClN2O2/c21-17-6-2-3-7-18(17)22-9-11-23(12-10-22)20(24)16-13-15-5-1-4-8-19(15)25-14-16/h1-8,13H,9-12,14H2. The lowest BCUT2D eigenvalue weighted by molar-refractivity contribution is -0.127. The second-order valence-electron chi connectivity index (χ2n) is 6.23. The molecule has 2 heterocycles. The highest BCUT2D eigenvalue weighted by Crippen LogP contribution is 2.28. The van der Waals surface area contributed by atoms with Gasteiger partial charge in [-0.1, -0.05) is 41.9 Å². The number of amides is 1. The quantitative estimate of drug-likeness (QED) is 0.828. The molecular weight excluding hydrogens is 336 g/mol. The summed E-state index contributed by atoms with van der Waals surface area (Å²) in [5.74, 6) is 0.899. The maximum atomic E-state index is 12.8. The first kappa shape index (κ1) is 16.0. The zero-order chi connectivity index (χ0) is 17.2. The van der Waals surface area contributed by atoms with E-state index >= 15 is 0 Å². The maximum absolute atomic E-state index is 12.8. The fraction of sp³-hybridized carbons (Fsp3) is 0.250. The van der Waals surface area contributed by atoms with E-state index in [2.05, 4.69) is 4.90 Å². The number of anilines is 1. The molecule has 0 unspecified atom stereocenters. The highest BCUT2D eigenvalue weighted by Gasteiger charge is 2.26. The number of fused-ring (bicyclic) bond motifs is 1. The number of nitrogens with zero attached hydrogens (tertiary/aromatic N) is 2. The van der Waals surface area contributed by atoms with Crippen molar-refractivity contribution in [2.75, 3.05) is 37.7 Å². The van der Waals surface area contributed by atoms with Gasteiger partial charge >= 0.3 is 0 Å². The summed E-state index contributed by atoms with van der Waals surface area (Å²) in [6.45, 7) is 3.26. The molecule has 128 valence electrons. The Morgan fingerprint density at radius 1 is 0.960 bits per heavy atom. The van der Waals surface area contributed by atoms with Crippen molar-refractivity contribution in [1.29, 1.82) is 0 Å². The van der Waals surface area contributed by atoms with E-state index in [9.17, 15) is 4.79 Å². The van der Waals surface area contributed by atoms with E-state index in [4.69, 9.17) is 16.3 Å². The van der Waals surface area contributed by atoms with Crippen LogP contribution in [0.2, 0.25) is 5.02 Å². The van der Waals surface area contributed by atoms with Crippen LogP contribution in [0.5, 0.6) is 5.75 Å². The van der Waals surface area contributed by atoms with Crippen molar-refractivity contribution >= 4 is 29.3 Å². The van der Waals surface area contributed by atoms with Gasteiger partial charge < -0.3 is 14.5 Å². The SMILES string of the molecule is O=C(C1=Cc2ccccc2OC1)N1CCN(c2ccccc2Cl)CC1. The van der Waals surface area contributed by atoms with Crippen molar-refractivity contribution < 1.29 is 9.53 Å². The van der Waals surface area contributed by atoms with Crippen molar-refractivity contribution in [3.8, 4) is 5.75 Å². The highest BCUT2D eigenvalue weighted by atomic mass is 35.5. The molecule has 2 aromatic rings. The molecule has 4 rings (SSSR count). The second-order valence-corrected chi connectivity index (χ2v) is 6.63. The van der Waals surface area contributed by atoms with Gasteiger partial charge in [-0.15, -0.1) is 0 Å². The Balaban J connectivity index is 1.44. The summed E-state index contributed by atoms with van der Waals surface area (Å²) in [7, 11) is 0. The molecule has 1 amide bonds. The number of carbonyl (C=O) groups is 1. The number of hydrogen-bond acceptors (Lipinski definition) is 3. The summed E-state index contributed by atoms with van der Waals surface area (Å²) in [5.41, 5.74) is 2.71. The molecule has 0 saturated carbocycles. The van der Waals surface area contributed by atoms with Crippen molar-refractivity contribution in [2.45, 2.75) is 0 Å². The largest absolute Gasteiger partial charge is 0.488 e. The molecule has 0 atom stereocenters. The molecular formula is C20H19ClN2O2.